The third kappa shape index (κ3) is 6.05. The van der Waals surface area contributed by atoms with Crippen LogP contribution in [0, 0.1) is 6.92 Å². The lowest BCUT2D eigenvalue weighted by atomic mass is 10.0. The van der Waals surface area contributed by atoms with Crippen molar-refractivity contribution < 1.29 is 5.11 Å². The summed E-state index contributed by atoms with van der Waals surface area (Å²) >= 11 is 15.1. The number of imidazole rings is 1. The van der Waals surface area contributed by atoms with Crippen LogP contribution in [-0.4, -0.2) is 26.7 Å². The predicted molar refractivity (Wildman–Crippen MR) is 148 cm³/mol. The number of nitrogens with zero attached hydrogens (tertiary/aromatic N) is 2. The molecule has 34 heavy (non-hydrogen) atoms. The molecule has 0 amide bonds. The maximum Gasteiger partial charge on any atom is 0.146 e. The summed E-state index contributed by atoms with van der Waals surface area (Å²) in [5, 5.41) is 11.8. The van der Waals surface area contributed by atoms with Crippen molar-refractivity contribution >= 4 is 35.0 Å². The van der Waals surface area contributed by atoms with Gasteiger partial charge in [-0.2, -0.15) is 11.8 Å². The van der Waals surface area contributed by atoms with Gasteiger partial charge in [0.1, 0.15) is 11.4 Å². The van der Waals surface area contributed by atoms with Gasteiger partial charge < -0.3 is 5.11 Å². The van der Waals surface area contributed by atoms with E-state index < -0.39 is 5.60 Å². The number of aryl methyl sites for hydroxylation is 1. The summed E-state index contributed by atoms with van der Waals surface area (Å²) in [6, 6.07) is 21.8. The topological polar surface area (TPSA) is 38.0 Å². The molecule has 0 fully saturated rings. The normalized spacial score (nSPS) is 11.2. The highest BCUT2D eigenvalue weighted by atomic mass is 35.5. The summed E-state index contributed by atoms with van der Waals surface area (Å²) in [5.41, 5.74) is 4.14. The van der Waals surface area contributed by atoms with Gasteiger partial charge in [-0.15, -0.1) is 0 Å². The highest BCUT2D eigenvalue weighted by Gasteiger charge is 2.25. The molecule has 178 valence electrons. The monoisotopic (exact) mass is 512 g/mol. The van der Waals surface area contributed by atoms with Crippen molar-refractivity contribution in [3.8, 4) is 28.2 Å². The van der Waals surface area contributed by atoms with Crippen LogP contribution in [0.25, 0.3) is 28.2 Å². The number of para-hydroxylation sites is 1. The first-order valence-electron chi connectivity index (χ1n) is 11.1. The van der Waals surface area contributed by atoms with Crippen LogP contribution in [0.15, 0.2) is 72.9 Å². The largest absolute Gasteiger partial charge is 0.384 e. The van der Waals surface area contributed by atoms with Crippen LogP contribution >= 0.6 is 35.0 Å². The van der Waals surface area contributed by atoms with Crippen molar-refractivity contribution in [1.82, 2.24) is 9.55 Å². The number of rotatable bonds is 5. The zero-order valence-electron chi connectivity index (χ0n) is 20.1. The lowest BCUT2D eigenvalue weighted by Crippen LogP contribution is -2.15. The van der Waals surface area contributed by atoms with Gasteiger partial charge in [0.25, 0.3) is 0 Å². The van der Waals surface area contributed by atoms with Crippen LogP contribution in [0.3, 0.4) is 0 Å². The smallest absolute Gasteiger partial charge is 0.146 e. The van der Waals surface area contributed by atoms with Crippen molar-refractivity contribution in [2.75, 3.05) is 12.0 Å². The first kappa shape index (κ1) is 26.4. The molecule has 6 heteroatoms. The minimum Gasteiger partial charge on any atom is -0.384 e. The molecule has 0 saturated heterocycles. The van der Waals surface area contributed by atoms with Crippen LogP contribution in [0.2, 0.25) is 10.0 Å². The van der Waals surface area contributed by atoms with Gasteiger partial charge in [0.2, 0.25) is 0 Å². The fourth-order valence-electron chi connectivity index (χ4n) is 3.47. The maximum atomic E-state index is 10.6. The molecule has 0 aliphatic rings. The Morgan fingerprint density at radius 2 is 1.62 bits per heavy atom. The van der Waals surface area contributed by atoms with E-state index in [1.807, 2.05) is 96.2 Å². The fraction of sp³-hybridized carbons (Fsp3) is 0.250. The number of aliphatic hydroxyl groups is 1. The van der Waals surface area contributed by atoms with E-state index in [-0.39, 0.29) is 0 Å². The van der Waals surface area contributed by atoms with E-state index in [1.54, 1.807) is 13.8 Å². The average molecular weight is 514 g/mol. The van der Waals surface area contributed by atoms with Crippen molar-refractivity contribution in [2.45, 2.75) is 33.3 Å². The molecule has 0 aliphatic carbocycles. The van der Waals surface area contributed by atoms with Gasteiger partial charge in [-0.1, -0.05) is 78.7 Å². The Balaban J connectivity index is 0.000000751. The summed E-state index contributed by atoms with van der Waals surface area (Å²) in [4.78, 5) is 4.74. The number of aromatic nitrogens is 2. The fourth-order valence-corrected chi connectivity index (χ4v) is 4.05. The first-order valence-corrected chi connectivity index (χ1v) is 13.2. The molecule has 3 aromatic carbocycles. The van der Waals surface area contributed by atoms with Gasteiger partial charge in [0, 0.05) is 11.8 Å². The van der Waals surface area contributed by atoms with Crippen molar-refractivity contribution in [3.63, 3.8) is 0 Å². The minimum atomic E-state index is -1.11. The third-order valence-electron chi connectivity index (χ3n) is 5.37. The Hall–Kier alpha value is -2.24. The highest BCUT2D eigenvalue weighted by Crippen LogP contribution is 2.36. The summed E-state index contributed by atoms with van der Waals surface area (Å²) in [6.45, 7) is 7.56. The van der Waals surface area contributed by atoms with E-state index in [0.717, 1.165) is 27.9 Å². The predicted octanol–water partition coefficient (Wildman–Crippen LogP) is 8.42. The molecule has 0 radical (unpaired) electrons. The lowest BCUT2D eigenvalue weighted by Gasteiger charge is -2.14. The van der Waals surface area contributed by atoms with Gasteiger partial charge in [0.15, 0.2) is 0 Å². The first-order chi connectivity index (χ1) is 16.2. The SMILES string of the molecule is CCSC.Cc1cccc(Cl)c1-n1cc(C(C)(C)O)nc1-c1ccc(-c2ccccc2)cc1Cl. The Morgan fingerprint density at radius 3 is 2.18 bits per heavy atom. The van der Waals surface area contributed by atoms with Crippen molar-refractivity contribution in [1.29, 1.82) is 0 Å². The molecule has 0 spiro atoms. The van der Waals surface area contributed by atoms with E-state index in [0.29, 0.717) is 21.6 Å². The summed E-state index contributed by atoms with van der Waals surface area (Å²) < 4.78 is 1.91. The molecule has 0 aliphatic heterocycles. The Labute approximate surface area is 216 Å². The standard InChI is InChI=1S/C25H22Cl2N2O.C3H8S/c1-16-8-7-11-20(26)23(16)29-15-22(25(2,3)30)28-24(29)19-13-12-18(14-21(19)27)17-9-5-4-6-10-17;1-3-4-2/h4-15,30H,1-3H3;3H2,1-2H3. The third-order valence-corrected chi connectivity index (χ3v) is 6.56. The molecular formula is C28H30Cl2N2OS. The van der Waals surface area contributed by atoms with E-state index in [1.165, 1.54) is 5.75 Å². The zero-order chi connectivity index (χ0) is 24.9. The number of thioether (sulfide) groups is 1. The van der Waals surface area contributed by atoms with E-state index in [4.69, 9.17) is 28.2 Å². The van der Waals surface area contributed by atoms with Gasteiger partial charge >= 0.3 is 0 Å². The molecule has 0 saturated carbocycles. The Kier molecular flexibility index (Phi) is 8.89. The second kappa shape index (κ2) is 11.5. The molecule has 0 unspecified atom stereocenters. The Morgan fingerprint density at radius 1 is 0.941 bits per heavy atom. The Bertz CT molecular complexity index is 1220. The summed E-state index contributed by atoms with van der Waals surface area (Å²) in [5.74, 6) is 1.87. The number of hydrogen-bond acceptors (Lipinski definition) is 3. The number of halogens is 2. The number of hydrogen-bond donors (Lipinski definition) is 1. The number of benzene rings is 3. The quantitative estimate of drug-likeness (QED) is 0.291. The maximum absolute atomic E-state index is 10.6. The second-order valence-corrected chi connectivity index (χ2v) is 10.4. The van der Waals surface area contributed by atoms with Crippen molar-refractivity contribution in [2.24, 2.45) is 0 Å². The molecule has 1 aromatic heterocycles. The van der Waals surface area contributed by atoms with E-state index >= 15 is 0 Å². The molecule has 0 bridgehead atoms. The van der Waals surface area contributed by atoms with Gasteiger partial charge in [-0.3, -0.25) is 4.57 Å². The average Bonchev–Trinajstić information content (AvgIpc) is 3.25. The van der Waals surface area contributed by atoms with Crippen molar-refractivity contribution in [3.05, 3.63) is 94.2 Å². The van der Waals surface area contributed by atoms with Crippen LogP contribution in [-0.2, 0) is 5.60 Å². The molecule has 4 aromatic rings. The summed E-state index contributed by atoms with van der Waals surface area (Å²) in [7, 11) is 0. The van der Waals surface area contributed by atoms with Crippen LogP contribution in [0.4, 0.5) is 0 Å². The van der Waals surface area contributed by atoms with Gasteiger partial charge in [-0.05, 0) is 67.7 Å². The molecule has 3 nitrogen and oxygen atoms in total. The molecule has 0 atom stereocenters. The highest BCUT2D eigenvalue weighted by molar-refractivity contribution is 7.98. The van der Waals surface area contributed by atoms with Gasteiger partial charge in [-0.25, -0.2) is 4.98 Å². The van der Waals surface area contributed by atoms with Crippen LogP contribution in [0.1, 0.15) is 32.0 Å². The molecule has 1 N–H and O–H groups in total. The van der Waals surface area contributed by atoms with Crippen LogP contribution < -0.4 is 0 Å². The van der Waals surface area contributed by atoms with E-state index in [9.17, 15) is 5.11 Å². The van der Waals surface area contributed by atoms with Gasteiger partial charge in [0.05, 0.1) is 21.4 Å². The van der Waals surface area contributed by atoms with E-state index in [2.05, 4.69) is 13.2 Å². The molecule has 1 heterocycles. The lowest BCUT2D eigenvalue weighted by molar-refractivity contribution is 0.0743. The minimum absolute atomic E-state index is 0.542. The molecular weight excluding hydrogens is 483 g/mol. The summed E-state index contributed by atoms with van der Waals surface area (Å²) in [6.07, 6.45) is 3.92. The van der Waals surface area contributed by atoms with Crippen LogP contribution in [0.5, 0.6) is 0 Å². The zero-order valence-corrected chi connectivity index (χ0v) is 22.5. The molecule has 4 rings (SSSR count). The second-order valence-electron chi connectivity index (χ2n) is 8.42.